The molecule has 5 heteroatoms. The van der Waals surface area contributed by atoms with Gasteiger partial charge in [0.1, 0.15) is 11.5 Å². The van der Waals surface area contributed by atoms with Crippen molar-refractivity contribution < 1.29 is 14.3 Å². The number of amides is 1. The molecule has 3 aromatic carbocycles. The third-order valence-electron chi connectivity index (χ3n) is 5.03. The Kier molecular flexibility index (Phi) is 5.35. The van der Waals surface area contributed by atoms with Gasteiger partial charge in [0.15, 0.2) is 0 Å². The number of carbonyl (C=O) groups is 1. The van der Waals surface area contributed by atoms with Gasteiger partial charge in [0.25, 0.3) is 5.91 Å². The van der Waals surface area contributed by atoms with Crippen molar-refractivity contribution >= 4 is 22.5 Å². The van der Waals surface area contributed by atoms with Gasteiger partial charge in [0, 0.05) is 10.9 Å². The highest BCUT2D eigenvalue weighted by Gasteiger charge is 2.16. The number of hydrogen-bond donors (Lipinski definition) is 1. The van der Waals surface area contributed by atoms with Gasteiger partial charge >= 0.3 is 0 Å². The van der Waals surface area contributed by atoms with Crippen LogP contribution in [0.1, 0.15) is 15.9 Å². The van der Waals surface area contributed by atoms with Gasteiger partial charge in [-0.15, -0.1) is 0 Å². The average molecular weight is 398 g/mol. The van der Waals surface area contributed by atoms with Crippen LogP contribution in [0.3, 0.4) is 0 Å². The minimum absolute atomic E-state index is 0.215. The van der Waals surface area contributed by atoms with E-state index in [4.69, 9.17) is 14.5 Å². The molecule has 0 unspecified atom stereocenters. The maximum absolute atomic E-state index is 13.3. The molecule has 4 aromatic rings. The van der Waals surface area contributed by atoms with Crippen LogP contribution in [0.4, 0.5) is 5.69 Å². The first-order valence-electron chi connectivity index (χ1n) is 9.60. The fourth-order valence-corrected chi connectivity index (χ4v) is 3.43. The van der Waals surface area contributed by atoms with E-state index in [0.717, 1.165) is 33.5 Å². The number of pyridine rings is 1. The van der Waals surface area contributed by atoms with Crippen molar-refractivity contribution in [2.45, 2.75) is 6.92 Å². The van der Waals surface area contributed by atoms with Crippen LogP contribution in [0, 0.1) is 6.92 Å². The molecule has 0 saturated carbocycles. The number of hydrogen-bond acceptors (Lipinski definition) is 4. The fraction of sp³-hybridized carbons (Fsp3) is 0.120. The van der Waals surface area contributed by atoms with Gasteiger partial charge in [-0.2, -0.15) is 0 Å². The number of benzene rings is 3. The predicted octanol–water partition coefficient (Wildman–Crippen LogP) is 5.48. The number of carbonyl (C=O) groups excluding carboxylic acids is 1. The standard InChI is InChI=1S/C25H22N2O3/c1-16-7-6-8-19-20(25(28)27-21-9-4-5-10-23(21)30-3)15-22(26-24(16)19)17-11-13-18(29-2)14-12-17/h4-15H,1-3H3,(H,27,28). The predicted molar refractivity (Wildman–Crippen MR) is 119 cm³/mol. The molecule has 1 amide bonds. The molecule has 0 aliphatic carbocycles. The summed E-state index contributed by atoms with van der Waals surface area (Å²) in [6.07, 6.45) is 0. The largest absolute Gasteiger partial charge is 0.497 e. The van der Waals surface area contributed by atoms with E-state index in [-0.39, 0.29) is 5.91 Å². The molecule has 0 fully saturated rings. The van der Waals surface area contributed by atoms with E-state index >= 15 is 0 Å². The van der Waals surface area contributed by atoms with Crippen molar-refractivity contribution in [2.75, 3.05) is 19.5 Å². The summed E-state index contributed by atoms with van der Waals surface area (Å²) in [7, 11) is 3.21. The Labute approximate surface area is 175 Å². The average Bonchev–Trinajstić information content (AvgIpc) is 2.79. The highest BCUT2D eigenvalue weighted by Crippen LogP contribution is 2.30. The van der Waals surface area contributed by atoms with E-state index in [0.29, 0.717) is 17.0 Å². The Hall–Kier alpha value is -3.86. The quantitative estimate of drug-likeness (QED) is 0.484. The second-order valence-corrected chi connectivity index (χ2v) is 6.91. The molecule has 5 nitrogen and oxygen atoms in total. The summed E-state index contributed by atoms with van der Waals surface area (Å²) in [5.74, 6) is 1.16. The lowest BCUT2D eigenvalue weighted by molar-refractivity contribution is 0.102. The number of anilines is 1. The normalized spacial score (nSPS) is 10.6. The number of methoxy groups -OCH3 is 2. The summed E-state index contributed by atoms with van der Waals surface area (Å²) < 4.78 is 10.6. The molecule has 0 saturated heterocycles. The molecular formula is C25H22N2O3. The van der Waals surface area contributed by atoms with Crippen molar-refractivity contribution in [2.24, 2.45) is 0 Å². The van der Waals surface area contributed by atoms with Crippen molar-refractivity contribution in [3.8, 4) is 22.8 Å². The maximum atomic E-state index is 13.3. The summed E-state index contributed by atoms with van der Waals surface area (Å²) in [6, 6.07) is 22.7. The molecule has 1 heterocycles. The molecule has 1 aromatic heterocycles. The number of aromatic nitrogens is 1. The number of rotatable bonds is 5. The summed E-state index contributed by atoms with van der Waals surface area (Å²) in [5, 5.41) is 3.78. The zero-order valence-corrected chi connectivity index (χ0v) is 17.1. The minimum Gasteiger partial charge on any atom is -0.497 e. The highest BCUT2D eigenvalue weighted by atomic mass is 16.5. The Balaban J connectivity index is 1.83. The Morgan fingerprint density at radius 2 is 1.67 bits per heavy atom. The number of ether oxygens (including phenoxy) is 2. The van der Waals surface area contributed by atoms with Crippen molar-refractivity contribution in [3.05, 3.63) is 83.9 Å². The third kappa shape index (κ3) is 3.70. The Bertz CT molecular complexity index is 1220. The lowest BCUT2D eigenvalue weighted by Crippen LogP contribution is -2.14. The van der Waals surface area contributed by atoms with E-state index in [1.807, 2.05) is 79.7 Å². The van der Waals surface area contributed by atoms with Gasteiger partial charge in [-0.25, -0.2) is 4.98 Å². The molecule has 4 rings (SSSR count). The molecule has 30 heavy (non-hydrogen) atoms. The molecule has 1 N–H and O–H groups in total. The van der Waals surface area contributed by atoms with Crippen LogP contribution in [0.15, 0.2) is 72.8 Å². The van der Waals surface area contributed by atoms with Crippen molar-refractivity contribution in [3.63, 3.8) is 0 Å². The monoisotopic (exact) mass is 398 g/mol. The van der Waals surface area contributed by atoms with Crippen LogP contribution < -0.4 is 14.8 Å². The highest BCUT2D eigenvalue weighted by molar-refractivity contribution is 6.13. The SMILES string of the molecule is COc1ccc(-c2cc(C(=O)Nc3ccccc3OC)c3cccc(C)c3n2)cc1. The van der Waals surface area contributed by atoms with Gasteiger partial charge in [0.2, 0.25) is 0 Å². The second kappa shape index (κ2) is 8.25. The number of aryl methyl sites for hydroxylation is 1. The van der Waals surface area contributed by atoms with Crippen LogP contribution in [0.25, 0.3) is 22.2 Å². The third-order valence-corrected chi connectivity index (χ3v) is 5.03. The fourth-order valence-electron chi connectivity index (χ4n) is 3.43. The summed E-state index contributed by atoms with van der Waals surface area (Å²) >= 11 is 0. The number of fused-ring (bicyclic) bond motifs is 1. The number of nitrogens with zero attached hydrogens (tertiary/aromatic N) is 1. The van der Waals surface area contributed by atoms with Crippen molar-refractivity contribution in [1.82, 2.24) is 4.98 Å². The van der Waals surface area contributed by atoms with Crippen LogP contribution >= 0.6 is 0 Å². The summed E-state index contributed by atoms with van der Waals surface area (Å²) in [4.78, 5) is 18.1. The molecule has 150 valence electrons. The smallest absolute Gasteiger partial charge is 0.256 e. The summed E-state index contributed by atoms with van der Waals surface area (Å²) in [5.41, 5.74) is 4.62. The number of nitrogens with one attached hydrogen (secondary N) is 1. The first-order valence-corrected chi connectivity index (χ1v) is 9.60. The van der Waals surface area contributed by atoms with Crippen LogP contribution in [-0.2, 0) is 0 Å². The maximum Gasteiger partial charge on any atom is 0.256 e. The van der Waals surface area contributed by atoms with E-state index in [1.54, 1.807) is 14.2 Å². The van der Waals surface area contributed by atoms with Crippen LogP contribution in [-0.4, -0.2) is 25.1 Å². The minimum atomic E-state index is -0.215. The topological polar surface area (TPSA) is 60.5 Å². The lowest BCUT2D eigenvalue weighted by atomic mass is 10.0. The van der Waals surface area contributed by atoms with Gasteiger partial charge < -0.3 is 14.8 Å². The van der Waals surface area contributed by atoms with Gasteiger partial charge in [-0.05, 0) is 55.0 Å². The van der Waals surface area contributed by atoms with Crippen LogP contribution in [0.5, 0.6) is 11.5 Å². The van der Waals surface area contributed by atoms with E-state index < -0.39 is 0 Å². The Morgan fingerprint density at radius 3 is 2.40 bits per heavy atom. The molecule has 0 bridgehead atoms. The van der Waals surface area contributed by atoms with E-state index in [1.165, 1.54) is 0 Å². The zero-order valence-electron chi connectivity index (χ0n) is 17.1. The first-order chi connectivity index (χ1) is 14.6. The molecular weight excluding hydrogens is 376 g/mol. The Morgan fingerprint density at radius 1 is 0.900 bits per heavy atom. The molecule has 0 aliphatic heterocycles. The molecule has 0 radical (unpaired) electrons. The second-order valence-electron chi connectivity index (χ2n) is 6.91. The first kappa shape index (κ1) is 19.5. The van der Waals surface area contributed by atoms with Crippen LogP contribution in [0.2, 0.25) is 0 Å². The van der Waals surface area contributed by atoms with Gasteiger partial charge in [-0.1, -0.05) is 30.3 Å². The molecule has 0 spiro atoms. The number of para-hydroxylation sites is 3. The van der Waals surface area contributed by atoms with Gasteiger partial charge in [0.05, 0.1) is 36.7 Å². The molecule has 0 aliphatic rings. The van der Waals surface area contributed by atoms with E-state index in [2.05, 4.69) is 5.32 Å². The summed E-state index contributed by atoms with van der Waals surface area (Å²) in [6.45, 7) is 2.00. The molecule has 0 atom stereocenters. The zero-order chi connectivity index (χ0) is 21.1. The van der Waals surface area contributed by atoms with E-state index in [9.17, 15) is 4.79 Å². The van der Waals surface area contributed by atoms with Crippen molar-refractivity contribution in [1.29, 1.82) is 0 Å². The lowest BCUT2D eigenvalue weighted by Gasteiger charge is -2.13. The van der Waals surface area contributed by atoms with Gasteiger partial charge in [-0.3, -0.25) is 4.79 Å².